The number of thiophene rings is 1. The zero-order valence-electron chi connectivity index (χ0n) is 10.3. The topological polar surface area (TPSA) is 29.3 Å². The third kappa shape index (κ3) is 2.47. The highest BCUT2D eigenvalue weighted by Gasteiger charge is 2.24. The van der Waals surface area contributed by atoms with E-state index < -0.39 is 0 Å². The van der Waals surface area contributed by atoms with Gasteiger partial charge in [0.1, 0.15) is 0 Å². The van der Waals surface area contributed by atoms with Gasteiger partial charge in [-0.2, -0.15) is 0 Å². The zero-order valence-corrected chi connectivity index (χ0v) is 11.1. The minimum absolute atomic E-state index is 0.371. The Kier molecular flexibility index (Phi) is 4.00. The van der Waals surface area contributed by atoms with Gasteiger partial charge in [-0.05, 0) is 43.2 Å². The summed E-state index contributed by atoms with van der Waals surface area (Å²) in [4.78, 5) is 4.16. The van der Waals surface area contributed by atoms with Gasteiger partial charge in [-0.1, -0.05) is 6.92 Å². The van der Waals surface area contributed by atoms with Gasteiger partial charge in [-0.25, -0.2) is 0 Å². The molecule has 1 aliphatic rings. The van der Waals surface area contributed by atoms with Gasteiger partial charge in [-0.15, -0.1) is 11.3 Å². The van der Waals surface area contributed by atoms with Crippen LogP contribution in [-0.4, -0.2) is 24.0 Å². The van der Waals surface area contributed by atoms with Gasteiger partial charge in [-0.3, -0.25) is 4.90 Å². The van der Waals surface area contributed by atoms with Crippen molar-refractivity contribution < 1.29 is 0 Å². The molecule has 0 saturated heterocycles. The number of hydrogen-bond donors (Lipinski definition) is 1. The first-order chi connectivity index (χ1) is 7.72. The lowest BCUT2D eigenvalue weighted by atomic mass is 10.0. The van der Waals surface area contributed by atoms with E-state index in [1.807, 2.05) is 11.3 Å². The molecule has 90 valence electrons. The Balaban J connectivity index is 1.94. The Morgan fingerprint density at radius 3 is 3.19 bits per heavy atom. The maximum atomic E-state index is 5.99. The molecule has 0 aliphatic carbocycles. The summed E-state index contributed by atoms with van der Waals surface area (Å²) < 4.78 is 0. The smallest absolute Gasteiger partial charge is 0.0331 e. The van der Waals surface area contributed by atoms with Crippen LogP contribution in [0.3, 0.4) is 0 Å². The van der Waals surface area contributed by atoms with E-state index in [1.54, 1.807) is 10.4 Å². The van der Waals surface area contributed by atoms with E-state index in [1.165, 1.54) is 13.0 Å². The molecule has 0 amide bonds. The van der Waals surface area contributed by atoms with E-state index in [0.717, 1.165) is 19.4 Å². The lowest BCUT2D eigenvalue weighted by Crippen LogP contribution is -2.36. The molecule has 0 bridgehead atoms. The maximum absolute atomic E-state index is 5.99. The average Bonchev–Trinajstić information content (AvgIpc) is 2.76. The second-order valence-electron chi connectivity index (χ2n) is 4.72. The summed E-state index contributed by atoms with van der Waals surface area (Å²) in [5.74, 6) is 0. The fraction of sp³-hybridized carbons (Fsp3) is 0.692. The summed E-state index contributed by atoms with van der Waals surface area (Å²) in [7, 11) is 0. The minimum Gasteiger partial charge on any atom is -0.328 e. The van der Waals surface area contributed by atoms with Crippen LogP contribution in [0.5, 0.6) is 0 Å². The predicted molar refractivity (Wildman–Crippen MR) is 70.9 cm³/mol. The van der Waals surface area contributed by atoms with Gasteiger partial charge in [0.05, 0.1) is 0 Å². The van der Waals surface area contributed by atoms with Gasteiger partial charge in [0.15, 0.2) is 0 Å². The Labute approximate surface area is 102 Å². The maximum Gasteiger partial charge on any atom is 0.0331 e. The molecule has 0 radical (unpaired) electrons. The third-order valence-electron chi connectivity index (χ3n) is 3.72. The van der Waals surface area contributed by atoms with Gasteiger partial charge >= 0.3 is 0 Å². The molecule has 2 unspecified atom stereocenters. The molecule has 2 nitrogen and oxygen atoms in total. The molecular formula is C13H22N2S. The first-order valence-electron chi connectivity index (χ1n) is 6.28. The number of nitrogens with two attached hydrogens (primary N) is 1. The fourth-order valence-electron chi connectivity index (χ4n) is 2.40. The first kappa shape index (κ1) is 12.1. The Bertz CT molecular complexity index is 334. The number of fused-ring (bicyclic) bond motifs is 1. The van der Waals surface area contributed by atoms with E-state index in [-0.39, 0.29) is 0 Å². The Hall–Kier alpha value is -0.380. The van der Waals surface area contributed by atoms with Crippen LogP contribution in [0.25, 0.3) is 0 Å². The minimum atomic E-state index is 0.371. The molecule has 0 fully saturated rings. The van der Waals surface area contributed by atoms with Crippen molar-refractivity contribution in [2.75, 3.05) is 13.1 Å². The van der Waals surface area contributed by atoms with Crippen LogP contribution >= 0.6 is 11.3 Å². The van der Waals surface area contributed by atoms with Crippen LogP contribution in [0.4, 0.5) is 0 Å². The van der Waals surface area contributed by atoms with Crippen LogP contribution < -0.4 is 5.73 Å². The van der Waals surface area contributed by atoms with Gasteiger partial charge in [0.25, 0.3) is 0 Å². The molecule has 0 spiro atoms. The van der Waals surface area contributed by atoms with E-state index in [2.05, 4.69) is 30.2 Å². The number of nitrogens with zero attached hydrogens (tertiary/aromatic N) is 1. The van der Waals surface area contributed by atoms with Crippen molar-refractivity contribution in [2.24, 2.45) is 5.73 Å². The van der Waals surface area contributed by atoms with Crippen LogP contribution in [-0.2, 0) is 6.42 Å². The van der Waals surface area contributed by atoms with Crippen LogP contribution in [0.15, 0.2) is 11.4 Å². The quantitative estimate of drug-likeness (QED) is 0.874. The third-order valence-corrected chi connectivity index (χ3v) is 4.71. The van der Waals surface area contributed by atoms with E-state index >= 15 is 0 Å². The largest absolute Gasteiger partial charge is 0.328 e. The van der Waals surface area contributed by atoms with Crippen molar-refractivity contribution in [3.05, 3.63) is 21.9 Å². The van der Waals surface area contributed by atoms with Gasteiger partial charge in [0.2, 0.25) is 0 Å². The molecule has 1 aromatic rings. The van der Waals surface area contributed by atoms with Crippen LogP contribution in [0.2, 0.25) is 0 Å². The molecular weight excluding hydrogens is 216 g/mol. The lowest BCUT2D eigenvalue weighted by molar-refractivity contribution is 0.193. The normalized spacial score (nSPS) is 23.1. The summed E-state index contributed by atoms with van der Waals surface area (Å²) in [5.41, 5.74) is 7.53. The molecule has 16 heavy (non-hydrogen) atoms. The van der Waals surface area contributed by atoms with Gasteiger partial charge < -0.3 is 5.73 Å². The molecule has 2 N–H and O–H groups in total. The molecule has 1 aliphatic heterocycles. The molecule has 3 heteroatoms. The van der Waals surface area contributed by atoms with Crippen LogP contribution in [0.1, 0.15) is 43.2 Å². The molecule has 2 atom stereocenters. The van der Waals surface area contributed by atoms with Crippen molar-refractivity contribution in [1.82, 2.24) is 4.90 Å². The average molecular weight is 238 g/mol. The standard InChI is InChI=1S/C13H22N2S/c1-3-11(14)4-7-15-8-5-13-12(10(15)2)6-9-16-13/h6,9-11H,3-5,7-8,14H2,1-2H3. The van der Waals surface area contributed by atoms with Crippen molar-refractivity contribution in [1.29, 1.82) is 0 Å². The second kappa shape index (κ2) is 5.30. The Morgan fingerprint density at radius 1 is 1.62 bits per heavy atom. The summed E-state index contributed by atoms with van der Waals surface area (Å²) >= 11 is 1.91. The Morgan fingerprint density at radius 2 is 2.44 bits per heavy atom. The highest BCUT2D eigenvalue weighted by atomic mass is 32.1. The fourth-order valence-corrected chi connectivity index (χ4v) is 3.37. The molecule has 2 rings (SSSR count). The second-order valence-corrected chi connectivity index (χ2v) is 5.72. The predicted octanol–water partition coefficient (Wildman–Crippen LogP) is 2.79. The van der Waals surface area contributed by atoms with Crippen molar-refractivity contribution in [2.45, 2.75) is 45.2 Å². The van der Waals surface area contributed by atoms with Crippen LogP contribution in [0, 0.1) is 0 Å². The van der Waals surface area contributed by atoms with Crippen molar-refractivity contribution in [3.8, 4) is 0 Å². The van der Waals surface area contributed by atoms with Crippen molar-refractivity contribution >= 4 is 11.3 Å². The SMILES string of the molecule is CCC(N)CCN1CCc2sccc2C1C. The summed E-state index contributed by atoms with van der Waals surface area (Å²) in [5, 5.41) is 2.22. The van der Waals surface area contributed by atoms with E-state index in [0.29, 0.717) is 12.1 Å². The molecule has 0 saturated carbocycles. The highest BCUT2D eigenvalue weighted by molar-refractivity contribution is 7.10. The summed E-state index contributed by atoms with van der Waals surface area (Å²) in [6, 6.07) is 3.24. The number of rotatable bonds is 4. The van der Waals surface area contributed by atoms with Crippen molar-refractivity contribution in [3.63, 3.8) is 0 Å². The summed E-state index contributed by atoms with van der Waals surface area (Å²) in [6.07, 6.45) is 3.44. The van der Waals surface area contributed by atoms with E-state index in [4.69, 9.17) is 5.73 Å². The highest BCUT2D eigenvalue weighted by Crippen LogP contribution is 2.32. The molecule has 2 heterocycles. The molecule has 1 aromatic heterocycles. The first-order valence-corrected chi connectivity index (χ1v) is 7.16. The van der Waals surface area contributed by atoms with E-state index in [9.17, 15) is 0 Å². The number of hydrogen-bond acceptors (Lipinski definition) is 3. The summed E-state index contributed by atoms with van der Waals surface area (Å²) in [6.45, 7) is 6.83. The zero-order chi connectivity index (χ0) is 11.5. The monoisotopic (exact) mass is 238 g/mol. The molecule has 0 aromatic carbocycles. The lowest BCUT2D eigenvalue weighted by Gasteiger charge is -2.34. The van der Waals surface area contributed by atoms with Gasteiger partial charge in [0, 0.05) is 30.1 Å².